The van der Waals surface area contributed by atoms with E-state index in [4.69, 9.17) is 0 Å². The van der Waals surface area contributed by atoms with E-state index in [0.29, 0.717) is 0 Å². The highest BCUT2D eigenvalue weighted by molar-refractivity contribution is 14.1. The van der Waals surface area contributed by atoms with E-state index >= 15 is 0 Å². The lowest BCUT2D eigenvalue weighted by atomic mass is 10.1. The molecule has 0 aliphatic heterocycles. The maximum atomic E-state index is 12.9. The predicted molar refractivity (Wildman–Crippen MR) is 64.4 cm³/mol. The second kappa shape index (κ2) is 6.23. The minimum absolute atomic E-state index is 0.196. The van der Waals surface area contributed by atoms with Crippen molar-refractivity contribution in [1.29, 1.82) is 0 Å². The van der Waals surface area contributed by atoms with E-state index in [-0.39, 0.29) is 3.70 Å². The number of methoxy groups -OCH3 is 1. The van der Waals surface area contributed by atoms with Crippen molar-refractivity contribution in [1.82, 2.24) is 4.98 Å². The maximum Gasteiger partial charge on any atom is 0.574 e. The Morgan fingerprint density at radius 2 is 1.86 bits per heavy atom. The molecule has 0 amide bonds. The number of ether oxygens (including phenoxy) is 2. The third kappa shape index (κ3) is 5.21. The molecule has 0 saturated carbocycles. The minimum Gasteiger partial charge on any atom is -0.469 e. The van der Waals surface area contributed by atoms with E-state index < -0.39 is 41.9 Å². The Bertz CT molecular complexity index is 543. The fraction of sp³-hybridized carbons (Fsp3) is 0.400. The molecule has 0 atom stereocenters. The zero-order valence-corrected chi connectivity index (χ0v) is 12.3. The first-order chi connectivity index (χ1) is 9.44. The van der Waals surface area contributed by atoms with Crippen molar-refractivity contribution in [2.75, 3.05) is 7.11 Å². The van der Waals surface area contributed by atoms with Gasteiger partial charge in [-0.1, -0.05) is 0 Å². The molecule has 1 aromatic heterocycles. The number of pyridine rings is 1. The van der Waals surface area contributed by atoms with Gasteiger partial charge < -0.3 is 9.47 Å². The molecular formula is C10H6F6INO3. The van der Waals surface area contributed by atoms with Crippen LogP contribution in [0.5, 0.6) is 5.88 Å². The number of carbonyl (C=O) groups is 1. The van der Waals surface area contributed by atoms with Gasteiger partial charge in [-0.3, -0.25) is 4.79 Å². The summed E-state index contributed by atoms with van der Waals surface area (Å²) in [6, 6.07) is 0.837. The van der Waals surface area contributed by atoms with Crippen molar-refractivity contribution < 1.29 is 40.6 Å². The third-order valence-corrected chi connectivity index (χ3v) is 2.65. The highest BCUT2D eigenvalue weighted by Crippen LogP contribution is 2.40. The van der Waals surface area contributed by atoms with Gasteiger partial charge in [0, 0.05) is 0 Å². The summed E-state index contributed by atoms with van der Waals surface area (Å²) in [5.74, 6) is -2.69. The first kappa shape index (κ1) is 17.8. The summed E-state index contributed by atoms with van der Waals surface area (Å²) in [6.07, 6.45) is -11.4. The number of rotatable bonds is 3. The van der Waals surface area contributed by atoms with Crippen molar-refractivity contribution in [3.05, 3.63) is 20.9 Å². The third-order valence-electron chi connectivity index (χ3n) is 2.10. The van der Waals surface area contributed by atoms with Crippen LogP contribution in [0.3, 0.4) is 0 Å². The van der Waals surface area contributed by atoms with Crippen LogP contribution in [0.2, 0.25) is 0 Å². The fourth-order valence-corrected chi connectivity index (χ4v) is 1.99. The standard InChI is InChI=1S/C10H6F6INO3/c1-20-6(19)3-4-2-5(17)18-8(21-10(14,15)16)7(4)9(11,12)13/h2H,3H2,1H3. The van der Waals surface area contributed by atoms with Crippen LogP contribution in [0.1, 0.15) is 11.1 Å². The van der Waals surface area contributed by atoms with Crippen molar-refractivity contribution in [3.63, 3.8) is 0 Å². The van der Waals surface area contributed by atoms with Crippen LogP contribution in [0, 0.1) is 3.70 Å². The van der Waals surface area contributed by atoms with Gasteiger partial charge in [0.05, 0.1) is 13.5 Å². The van der Waals surface area contributed by atoms with Crippen LogP contribution in [0.25, 0.3) is 0 Å². The van der Waals surface area contributed by atoms with Crippen molar-refractivity contribution in [3.8, 4) is 5.88 Å². The number of esters is 1. The second-order valence-electron chi connectivity index (χ2n) is 3.58. The molecule has 0 unspecified atom stereocenters. The number of hydrogen-bond acceptors (Lipinski definition) is 4. The van der Waals surface area contributed by atoms with Gasteiger partial charge in [-0.25, -0.2) is 4.98 Å². The number of alkyl halides is 6. The van der Waals surface area contributed by atoms with E-state index in [0.717, 1.165) is 13.2 Å². The number of nitrogens with zero attached hydrogens (tertiary/aromatic N) is 1. The molecule has 0 radical (unpaired) electrons. The lowest BCUT2D eigenvalue weighted by molar-refractivity contribution is -0.278. The molecule has 0 bridgehead atoms. The van der Waals surface area contributed by atoms with Gasteiger partial charge in [0.1, 0.15) is 9.26 Å². The lowest BCUT2D eigenvalue weighted by Crippen LogP contribution is -2.23. The Morgan fingerprint density at radius 1 is 1.29 bits per heavy atom. The van der Waals surface area contributed by atoms with Crippen LogP contribution >= 0.6 is 22.6 Å². The molecular weight excluding hydrogens is 423 g/mol. The Kier molecular flexibility index (Phi) is 5.28. The first-order valence-corrected chi connectivity index (χ1v) is 6.11. The summed E-state index contributed by atoms with van der Waals surface area (Å²) in [6.45, 7) is 0. The highest BCUT2D eigenvalue weighted by Gasteiger charge is 2.43. The summed E-state index contributed by atoms with van der Waals surface area (Å²) >= 11 is 1.41. The number of hydrogen-bond donors (Lipinski definition) is 0. The van der Waals surface area contributed by atoms with Crippen LogP contribution in [-0.2, 0) is 22.1 Å². The highest BCUT2D eigenvalue weighted by atomic mass is 127. The number of aromatic nitrogens is 1. The SMILES string of the molecule is COC(=O)Cc1cc(I)nc(OC(F)(F)F)c1C(F)(F)F. The van der Waals surface area contributed by atoms with Gasteiger partial charge in [0.25, 0.3) is 0 Å². The average Bonchev–Trinajstić information content (AvgIpc) is 2.23. The number of halogens is 7. The monoisotopic (exact) mass is 429 g/mol. The maximum absolute atomic E-state index is 12.9. The zero-order valence-electron chi connectivity index (χ0n) is 10.1. The molecule has 0 saturated heterocycles. The normalized spacial score (nSPS) is 12.2. The Labute approximate surface area is 127 Å². The molecule has 21 heavy (non-hydrogen) atoms. The average molecular weight is 429 g/mol. The van der Waals surface area contributed by atoms with Crippen molar-refractivity contribution in [2.45, 2.75) is 19.0 Å². The van der Waals surface area contributed by atoms with E-state index in [1.165, 1.54) is 22.6 Å². The summed E-state index contributed by atoms with van der Waals surface area (Å²) in [5.41, 5.74) is -2.47. The number of carbonyl (C=O) groups excluding carboxylic acids is 1. The molecule has 1 rings (SSSR count). The van der Waals surface area contributed by atoms with Crippen LogP contribution in [0.4, 0.5) is 26.3 Å². The van der Waals surface area contributed by atoms with E-state index in [2.05, 4.69) is 14.5 Å². The molecule has 0 N–H and O–H groups in total. The molecule has 4 nitrogen and oxygen atoms in total. The molecule has 1 aromatic rings. The molecule has 118 valence electrons. The lowest BCUT2D eigenvalue weighted by Gasteiger charge is -2.17. The predicted octanol–water partition coefficient (Wildman–Crippen LogP) is 3.32. The van der Waals surface area contributed by atoms with E-state index in [1.54, 1.807) is 0 Å². The van der Waals surface area contributed by atoms with Gasteiger partial charge in [-0.15, -0.1) is 13.2 Å². The minimum atomic E-state index is -5.35. The molecule has 0 fully saturated rings. The van der Waals surface area contributed by atoms with Crippen molar-refractivity contribution in [2.24, 2.45) is 0 Å². The van der Waals surface area contributed by atoms with Crippen LogP contribution in [-0.4, -0.2) is 24.4 Å². The van der Waals surface area contributed by atoms with Gasteiger partial charge in [0.15, 0.2) is 0 Å². The van der Waals surface area contributed by atoms with Gasteiger partial charge >= 0.3 is 18.5 Å². The van der Waals surface area contributed by atoms with Crippen LogP contribution < -0.4 is 4.74 Å². The Morgan fingerprint density at radius 3 is 2.29 bits per heavy atom. The fourth-order valence-electron chi connectivity index (χ4n) is 1.39. The molecule has 0 aliphatic rings. The largest absolute Gasteiger partial charge is 0.574 e. The van der Waals surface area contributed by atoms with Crippen molar-refractivity contribution >= 4 is 28.6 Å². The zero-order chi connectivity index (χ0) is 16.4. The summed E-state index contributed by atoms with van der Waals surface area (Å²) in [7, 11) is 0.939. The molecule has 0 spiro atoms. The van der Waals surface area contributed by atoms with E-state index in [1.807, 2.05) is 0 Å². The first-order valence-electron chi connectivity index (χ1n) is 5.03. The Hall–Kier alpha value is -1.27. The second-order valence-corrected chi connectivity index (χ2v) is 4.69. The summed E-state index contributed by atoms with van der Waals surface area (Å²) in [4.78, 5) is 14.2. The molecule has 1 heterocycles. The van der Waals surface area contributed by atoms with Crippen LogP contribution in [0.15, 0.2) is 6.07 Å². The van der Waals surface area contributed by atoms with Gasteiger partial charge in [-0.05, 0) is 34.2 Å². The quantitative estimate of drug-likeness (QED) is 0.320. The smallest absolute Gasteiger partial charge is 0.469 e. The topological polar surface area (TPSA) is 48.4 Å². The van der Waals surface area contributed by atoms with Gasteiger partial charge in [-0.2, -0.15) is 13.2 Å². The summed E-state index contributed by atoms with van der Waals surface area (Å²) < 4.78 is 82.6. The summed E-state index contributed by atoms with van der Waals surface area (Å²) in [5, 5.41) is 0. The van der Waals surface area contributed by atoms with Gasteiger partial charge in [0.2, 0.25) is 5.88 Å². The molecule has 0 aromatic carbocycles. The molecule has 11 heteroatoms. The Balaban J connectivity index is 3.45. The van der Waals surface area contributed by atoms with E-state index in [9.17, 15) is 31.1 Å². The molecule has 0 aliphatic carbocycles.